The number of hydrogen-bond donors (Lipinski definition) is 2. The summed E-state index contributed by atoms with van der Waals surface area (Å²) in [5, 5.41) is 2.58. The van der Waals surface area contributed by atoms with Crippen molar-refractivity contribution in [3.8, 4) is 0 Å². The summed E-state index contributed by atoms with van der Waals surface area (Å²) in [4.78, 5) is 22.3. The third kappa shape index (κ3) is 6.17. The summed E-state index contributed by atoms with van der Waals surface area (Å²) in [6.07, 6.45) is -0.0786. The van der Waals surface area contributed by atoms with Gasteiger partial charge in [-0.05, 0) is 32.0 Å². The van der Waals surface area contributed by atoms with Gasteiger partial charge in [-0.2, -0.15) is 0 Å². The van der Waals surface area contributed by atoms with E-state index in [1.54, 1.807) is 13.8 Å². The van der Waals surface area contributed by atoms with Crippen LogP contribution in [-0.4, -0.2) is 32.9 Å². The van der Waals surface area contributed by atoms with E-state index in [0.717, 1.165) is 0 Å². The SMILES string of the molecule is CCOC(=O)CC(C)NS(=O)(=O)c1ccc(NC(C)=O)c(Cl)c1. The van der Waals surface area contributed by atoms with Crippen molar-refractivity contribution in [1.29, 1.82) is 0 Å². The Morgan fingerprint density at radius 1 is 1.35 bits per heavy atom. The van der Waals surface area contributed by atoms with Crippen LogP contribution in [0.2, 0.25) is 5.02 Å². The molecule has 1 atom stereocenters. The molecule has 1 rings (SSSR count). The van der Waals surface area contributed by atoms with Crippen LogP contribution in [-0.2, 0) is 24.3 Å². The zero-order chi connectivity index (χ0) is 17.6. The van der Waals surface area contributed by atoms with Crippen LogP contribution in [0.15, 0.2) is 23.1 Å². The number of halogens is 1. The molecule has 0 heterocycles. The minimum absolute atomic E-state index is 0.0627. The van der Waals surface area contributed by atoms with Gasteiger partial charge in [0, 0.05) is 13.0 Å². The van der Waals surface area contributed by atoms with Crippen LogP contribution in [0, 0.1) is 0 Å². The molecule has 0 aromatic heterocycles. The Labute approximate surface area is 140 Å². The number of carbonyl (C=O) groups excluding carboxylic acids is 2. The lowest BCUT2D eigenvalue weighted by molar-refractivity contribution is -0.143. The molecular weight excluding hydrogens is 344 g/mol. The first-order chi connectivity index (χ1) is 10.7. The standard InChI is InChI=1S/C14H19ClN2O5S/c1-4-22-14(19)7-9(2)17-23(20,21)11-5-6-13(12(15)8-11)16-10(3)18/h5-6,8-9,17H,4,7H2,1-3H3,(H,16,18). The van der Waals surface area contributed by atoms with Gasteiger partial charge in [-0.15, -0.1) is 0 Å². The summed E-state index contributed by atoms with van der Waals surface area (Å²) in [6, 6.07) is 3.31. The van der Waals surface area contributed by atoms with Crippen molar-refractivity contribution in [1.82, 2.24) is 4.72 Å². The highest BCUT2D eigenvalue weighted by atomic mass is 35.5. The summed E-state index contributed by atoms with van der Waals surface area (Å²) in [6.45, 7) is 4.78. The van der Waals surface area contributed by atoms with Crippen molar-refractivity contribution in [2.75, 3.05) is 11.9 Å². The summed E-state index contributed by atoms with van der Waals surface area (Å²) < 4.78 is 31.7. The Bertz CT molecular complexity index is 690. The van der Waals surface area contributed by atoms with Crippen LogP contribution in [0.5, 0.6) is 0 Å². The van der Waals surface area contributed by atoms with E-state index in [0.29, 0.717) is 5.69 Å². The number of amides is 1. The number of anilines is 1. The van der Waals surface area contributed by atoms with Gasteiger partial charge in [0.1, 0.15) is 0 Å². The van der Waals surface area contributed by atoms with Crippen molar-refractivity contribution in [3.63, 3.8) is 0 Å². The fourth-order valence-corrected chi connectivity index (χ4v) is 3.36. The molecule has 0 bridgehead atoms. The smallest absolute Gasteiger partial charge is 0.307 e. The van der Waals surface area contributed by atoms with Crippen LogP contribution in [0.25, 0.3) is 0 Å². The molecule has 0 spiro atoms. The fourth-order valence-electron chi connectivity index (χ4n) is 1.80. The molecule has 0 saturated carbocycles. The Morgan fingerprint density at radius 2 is 2.00 bits per heavy atom. The van der Waals surface area contributed by atoms with Crippen molar-refractivity contribution in [2.45, 2.75) is 38.1 Å². The molecule has 9 heteroatoms. The number of ether oxygens (including phenoxy) is 1. The molecule has 0 saturated heterocycles. The molecule has 23 heavy (non-hydrogen) atoms. The van der Waals surface area contributed by atoms with Gasteiger partial charge in [-0.3, -0.25) is 9.59 Å². The lowest BCUT2D eigenvalue weighted by Crippen LogP contribution is -2.34. The first-order valence-electron chi connectivity index (χ1n) is 6.90. The summed E-state index contributed by atoms with van der Waals surface area (Å²) >= 11 is 5.96. The largest absolute Gasteiger partial charge is 0.466 e. The number of benzene rings is 1. The van der Waals surface area contributed by atoms with Gasteiger partial charge in [0.05, 0.1) is 28.6 Å². The first kappa shape index (κ1) is 19.4. The van der Waals surface area contributed by atoms with Crippen molar-refractivity contribution >= 4 is 39.2 Å². The van der Waals surface area contributed by atoms with Crippen LogP contribution in [0.1, 0.15) is 27.2 Å². The molecule has 0 aliphatic carbocycles. The van der Waals surface area contributed by atoms with Crippen LogP contribution >= 0.6 is 11.6 Å². The molecule has 7 nitrogen and oxygen atoms in total. The lowest BCUT2D eigenvalue weighted by Gasteiger charge is -2.14. The number of esters is 1. The molecular formula is C14H19ClN2O5S. The molecule has 0 aliphatic rings. The van der Waals surface area contributed by atoms with E-state index >= 15 is 0 Å². The summed E-state index contributed by atoms with van der Waals surface area (Å²) in [5.41, 5.74) is 0.317. The maximum absolute atomic E-state index is 12.3. The minimum atomic E-state index is -3.84. The van der Waals surface area contributed by atoms with Gasteiger partial charge in [-0.25, -0.2) is 13.1 Å². The monoisotopic (exact) mass is 362 g/mol. The van der Waals surface area contributed by atoms with E-state index in [1.165, 1.54) is 25.1 Å². The summed E-state index contributed by atoms with van der Waals surface area (Å²) in [5.74, 6) is -0.801. The Morgan fingerprint density at radius 3 is 2.52 bits per heavy atom. The second-order valence-electron chi connectivity index (χ2n) is 4.85. The molecule has 1 aromatic carbocycles. The number of carbonyl (C=O) groups is 2. The zero-order valence-electron chi connectivity index (χ0n) is 13.1. The van der Waals surface area contributed by atoms with Crippen LogP contribution in [0.4, 0.5) is 5.69 Å². The molecule has 0 aliphatic heterocycles. The van der Waals surface area contributed by atoms with Gasteiger partial charge in [0.15, 0.2) is 0 Å². The van der Waals surface area contributed by atoms with E-state index < -0.39 is 22.0 Å². The maximum atomic E-state index is 12.3. The molecule has 1 amide bonds. The number of rotatable bonds is 7. The topological polar surface area (TPSA) is 102 Å². The second kappa shape index (κ2) is 8.28. The minimum Gasteiger partial charge on any atom is -0.466 e. The van der Waals surface area contributed by atoms with Crippen molar-refractivity contribution in [3.05, 3.63) is 23.2 Å². The summed E-state index contributed by atoms with van der Waals surface area (Å²) in [7, 11) is -3.84. The molecule has 0 fully saturated rings. The Balaban J connectivity index is 2.86. The van der Waals surface area contributed by atoms with E-state index in [-0.39, 0.29) is 28.9 Å². The third-order valence-electron chi connectivity index (χ3n) is 2.70. The van der Waals surface area contributed by atoms with Gasteiger partial charge in [0.25, 0.3) is 0 Å². The van der Waals surface area contributed by atoms with Gasteiger partial charge < -0.3 is 10.1 Å². The van der Waals surface area contributed by atoms with E-state index in [1.807, 2.05) is 0 Å². The van der Waals surface area contributed by atoms with E-state index in [2.05, 4.69) is 10.0 Å². The number of nitrogens with one attached hydrogen (secondary N) is 2. The molecule has 1 aromatic rings. The van der Waals surface area contributed by atoms with Gasteiger partial charge >= 0.3 is 5.97 Å². The highest BCUT2D eigenvalue weighted by Gasteiger charge is 2.20. The quantitative estimate of drug-likeness (QED) is 0.721. The fraction of sp³-hybridized carbons (Fsp3) is 0.429. The normalized spacial score (nSPS) is 12.5. The average molecular weight is 363 g/mol. The van der Waals surface area contributed by atoms with Crippen LogP contribution in [0.3, 0.4) is 0 Å². The molecule has 0 radical (unpaired) electrons. The second-order valence-corrected chi connectivity index (χ2v) is 6.98. The predicted molar refractivity (Wildman–Crippen MR) is 86.8 cm³/mol. The predicted octanol–water partition coefficient (Wildman–Crippen LogP) is 1.92. The molecule has 1 unspecified atom stereocenters. The van der Waals surface area contributed by atoms with E-state index in [4.69, 9.17) is 16.3 Å². The highest BCUT2D eigenvalue weighted by molar-refractivity contribution is 7.89. The number of hydrogen-bond acceptors (Lipinski definition) is 5. The van der Waals surface area contributed by atoms with Crippen LogP contribution < -0.4 is 10.0 Å². The highest BCUT2D eigenvalue weighted by Crippen LogP contribution is 2.25. The third-order valence-corrected chi connectivity index (χ3v) is 4.60. The van der Waals surface area contributed by atoms with Gasteiger partial charge in [-0.1, -0.05) is 11.6 Å². The Hall–Kier alpha value is -1.64. The lowest BCUT2D eigenvalue weighted by atomic mass is 10.3. The van der Waals surface area contributed by atoms with Crippen molar-refractivity contribution < 1.29 is 22.7 Å². The zero-order valence-corrected chi connectivity index (χ0v) is 14.6. The van der Waals surface area contributed by atoms with E-state index in [9.17, 15) is 18.0 Å². The molecule has 128 valence electrons. The Kier molecular flexibility index (Phi) is 6.99. The average Bonchev–Trinajstić information content (AvgIpc) is 2.39. The number of sulfonamides is 1. The maximum Gasteiger partial charge on any atom is 0.307 e. The first-order valence-corrected chi connectivity index (χ1v) is 8.77. The van der Waals surface area contributed by atoms with Gasteiger partial charge in [0.2, 0.25) is 15.9 Å². The molecule has 2 N–H and O–H groups in total. The van der Waals surface area contributed by atoms with Crippen molar-refractivity contribution in [2.24, 2.45) is 0 Å².